The van der Waals surface area contributed by atoms with Crippen molar-refractivity contribution in [3.8, 4) is 5.75 Å². The van der Waals surface area contributed by atoms with Crippen molar-refractivity contribution in [1.29, 1.82) is 0 Å². The van der Waals surface area contributed by atoms with Gasteiger partial charge in [-0.25, -0.2) is 4.79 Å². The van der Waals surface area contributed by atoms with Crippen molar-refractivity contribution in [2.75, 3.05) is 11.9 Å². The van der Waals surface area contributed by atoms with Crippen molar-refractivity contribution < 1.29 is 19.4 Å². The predicted molar refractivity (Wildman–Crippen MR) is 101 cm³/mol. The Morgan fingerprint density at radius 2 is 2.00 bits per heavy atom. The monoisotopic (exact) mass is 418 g/mol. The molecule has 1 heterocycles. The topological polar surface area (TPSA) is 78.9 Å². The summed E-state index contributed by atoms with van der Waals surface area (Å²) in [6, 6.07) is 13.5. The van der Waals surface area contributed by atoms with E-state index in [-0.39, 0.29) is 18.3 Å². The Morgan fingerprint density at radius 3 is 2.77 bits per heavy atom. The first-order valence-corrected chi connectivity index (χ1v) is 9.10. The number of carbonyl (C=O) groups is 2. The van der Waals surface area contributed by atoms with E-state index in [0.717, 1.165) is 16.5 Å². The summed E-state index contributed by atoms with van der Waals surface area (Å²) < 4.78 is 6.07. The number of amides is 2. The molecule has 1 aliphatic rings. The van der Waals surface area contributed by atoms with E-state index in [9.17, 15) is 14.7 Å². The molecule has 0 spiro atoms. The Hall–Kier alpha value is -2.54. The molecule has 0 saturated carbocycles. The number of halogens is 1. The first kappa shape index (κ1) is 18.3. The Labute approximate surface area is 159 Å². The molecule has 0 radical (unpaired) electrons. The molecule has 0 bridgehead atoms. The molecular weight excluding hydrogens is 400 g/mol. The van der Waals surface area contributed by atoms with E-state index in [1.54, 1.807) is 12.1 Å². The highest BCUT2D eigenvalue weighted by Crippen LogP contribution is 2.28. The number of hydrogen-bond donors (Lipinski definition) is 2. The Balaban J connectivity index is 1.62. The summed E-state index contributed by atoms with van der Waals surface area (Å²) in [5.74, 6) is -0.370. The number of ether oxygens (including phenoxy) is 1. The van der Waals surface area contributed by atoms with Crippen molar-refractivity contribution in [3.05, 3.63) is 58.6 Å². The van der Waals surface area contributed by atoms with Crippen molar-refractivity contribution in [3.63, 3.8) is 0 Å². The molecule has 3 rings (SSSR count). The van der Waals surface area contributed by atoms with Gasteiger partial charge in [-0.15, -0.1) is 0 Å². The maximum Gasteiger partial charge on any atom is 0.410 e. The average Bonchev–Trinajstić information content (AvgIpc) is 3.13. The summed E-state index contributed by atoms with van der Waals surface area (Å²) in [7, 11) is 0. The lowest BCUT2D eigenvalue weighted by atomic mass is 10.2. The van der Waals surface area contributed by atoms with E-state index in [1.165, 1.54) is 11.0 Å². The molecule has 0 aliphatic carbocycles. The molecule has 7 heteroatoms. The number of rotatable bonds is 4. The molecule has 2 aromatic carbocycles. The van der Waals surface area contributed by atoms with Crippen molar-refractivity contribution in [2.24, 2.45) is 0 Å². The lowest BCUT2D eigenvalue weighted by Gasteiger charge is -2.23. The maximum atomic E-state index is 12.6. The molecule has 2 amide bonds. The highest BCUT2D eigenvalue weighted by atomic mass is 79.9. The minimum Gasteiger partial charge on any atom is -0.506 e. The van der Waals surface area contributed by atoms with Crippen LogP contribution in [0.3, 0.4) is 0 Å². The number of phenolic OH excluding ortho intramolecular Hbond substituents is 1. The maximum absolute atomic E-state index is 12.6. The number of likely N-dealkylation sites (tertiary alicyclic amines) is 1. The summed E-state index contributed by atoms with van der Waals surface area (Å²) in [4.78, 5) is 26.4. The summed E-state index contributed by atoms with van der Waals surface area (Å²) >= 11 is 3.30. The van der Waals surface area contributed by atoms with Gasteiger partial charge in [0.2, 0.25) is 5.91 Å². The van der Waals surface area contributed by atoms with Gasteiger partial charge in [0.05, 0.1) is 5.69 Å². The van der Waals surface area contributed by atoms with Crippen LogP contribution in [0.2, 0.25) is 0 Å². The second-order valence-corrected chi connectivity index (χ2v) is 6.96. The number of nitrogens with one attached hydrogen (secondary N) is 1. The first-order valence-electron chi connectivity index (χ1n) is 8.31. The zero-order valence-electron chi connectivity index (χ0n) is 14.0. The summed E-state index contributed by atoms with van der Waals surface area (Å²) in [6.07, 6.45) is 0.772. The van der Waals surface area contributed by atoms with Gasteiger partial charge < -0.3 is 15.2 Å². The summed E-state index contributed by atoms with van der Waals surface area (Å²) in [5.41, 5.74) is 1.19. The zero-order valence-corrected chi connectivity index (χ0v) is 15.6. The fourth-order valence-corrected chi connectivity index (χ4v) is 3.25. The van der Waals surface area contributed by atoms with E-state index in [2.05, 4.69) is 21.2 Å². The van der Waals surface area contributed by atoms with Crippen LogP contribution in [0.15, 0.2) is 53.0 Å². The van der Waals surface area contributed by atoms with Gasteiger partial charge in [-0.2, -0.15) is 0 Å². The van der Waals surface area contributed by atoms with Crippen molar-refractivity contribution >= 4 is 33.6 Å². The van der Waals surface area contributed by atoms with Crippen LogP contribution < -0.4 is 5.32 Å². The molecule has 0 aromatic heterocycles. The molecule has 0 unspecified atom stereocenters. The Kier molecular flexibility index (Phi) is 5.78. The molecule has 1 fully saturated rings. The largest absolute Gasteiger partial charge is 0.506 e. The van der Waals surface area contributed by atoms with Crippen LogP contribution >= 0.6 is 15.9 Å². The lowest BCUT2D eigenvalue weighted by Crippen LogP contribution is -2.43. The van der Waals surface area contributed by atoms with Crippen LogP contribution in [0.25, 0.3) is 0 Å². The number of carbonyl (C=O) groups excluding carboxylic acids is 2. The molecule has 2 aromatic rings. The fraction of sp³-hybridized carbons (Fsp3) is 0.263. The second kappa shape index (κ2) is 8.23. The smallest absolute Gasteiger partial charge is 0.410 e. The van der Waals surface area contributed by atoms with Crippen LogP contribution in [-0.4, -0.2) is 34.6 Å². The molecule has 26 heavy (non-hydrogen) atoms. The molecular formula is C19H19BrN2O4. The predicted octanol–water partition coefficient (Wildman–Crippen LogP) is 3.89. The van der Waals surface area contributed by atoms with Crippen LogP contribution in [0.4, 0.5) is 10.5 Å². The van der Waals surface area contributed by atoms with Gasteiger partial charge in [0, 0.05) is 11.0 Å². The number of aromatic hydroxyl groups is 1. The third-order valence-electron chi connectivity index (χ3n) is 4.21. The number of hydrogen-bond acceptors (Lipinski definition) is 4. The Bertz CT molecular complexity index is 797. The zero-order chi connectivity index (χ0) is 18.5. The average molecular weight is 419 g/mol. The number of nitrogens with zero attached hydrogens (tertiary/aromatic N) is 1. The van der Waals surface area contributed by atoms with Crippen LogP contribution in [-0.2, 0) is 16.1 Å². The van der Waals surface area contributed by atoms with E-state index in [0.29, 0.717) is 18.7 Å². The lowest BCUT2D eigenvalue weighted by molar-refractivity contribution is -0.120. The SMILES string of the molecule is O=C(Nc1cc(Br)ccc1O)[C@@H]1CCCN1C(=O)OCc1ccccc1. The minimum atomic E-state index is -0.614. The van der Waals surface area contributed by atoms with Crippen LogP contribution in [0.1, 0.15) is 18.4 Å². The van der Waals surface area contributed by atoms with Gasteiger partial charge in [-0.3, -0.25) is 9.69 Å². The molecule has 6 nitrogen and oxygen atoms in total. The summed E-state index contributed by atoms with van der Waals surface area (Å²) in [6.45, 7) is 0.632. The highest BCUT2D eigenvalue weighted by molar-refractivity contribution is 9.10. The standard InChI is InChI=1S/C19H19BrN2O4/c20-14-8-9-17(23)15(11-14)21-18(24)16-7-4-10-22(16)19(25)26-12-13-5-2-1-3-6-13/h1-3,5-6,8-9,11,16,23H,4,7,10,12H2,(H,21,24)/t16-/m0/s1. The van der Waals surface area contributed by atoms with Gasteiger partial charge in [0.15, 0.2) is 0 Å². The number of benzene rings is 2. The highest BCUT2D eigenvalue weighted by Gasteiger charge is 2.35. The van der Waals surface area contributed by atoms with Gasteiger partial charge in [-0.1, -0.05) is 46.3 Å². The van der Waals surface area contributed by atoms with Gasteiger partial charge in [0.25, 0.3) is 0 Å². The van der Waals surface area contributed by atoms with Crippen molar-refractivity contribution in [1.82, 2.24) is 4.90 Å². The van der Waals surface area contributed by atoms with Crippen molar-refractivity contribution in [2.45, 2.75) is 25.5 Å². The van der Waals surface area contributed by atoms with E-state index >= 15 is 0 Å². The van der Waals surface area contributed by atoms with E-state index in [1.807, 2.05) is 30.3 Å². The first-order chi connectivity index (χ1) is 12.5. The third-order valence-corrected chi connectivity index (χ3v) is 4.70. The van der Waals surface area contributed by atoms with Gasteiger partial charge >= 0.3 is 6.09 Å². The third kappa shape index (κ3) is 4.35. The van der Waals surface area contributed by atoms with Crippen LogP contribution in [0.5, 0.6) is 5.75 Å². The second-order valence-electron chi connectivity index (χ2n) is 6.04. The molecule has 2 N–H and O–H groups in total. The molecule has 1 saturated heterocycles. The summed E-state index contributed by atoms with van der Waals surface area (Å²) in [5, 5.41) is 12.6. The minimum absolute atomic E-state index is 0.0299. The quantitative estimate of drug-likeness (QED) is 0.737. The Morgan fingerprint density at radius 1 is 1.23 bits per heavy atom. The van der Waals surface area contributed by atoms with Crippen LogP contribution in [0, 0.1) is 0 Å². The molecule has 1 atom stereocenters. The molecule has 1 aliphatic heterocycles. The number of phenols is 1. The van der Waals surface area contributed by atoms with Gasteiger partial charge in [-0.05, 0) is 36.6 Å². The fourth-order valence-electron chi connectivity index (χ4n) is 2.88. The van der Waals surface area contributed by atoms with Gasteiger partial charge in [0.1, 0.15) is 18.4 Å². The molecule has 136 valence electrons. The van der Waals surface area contributed by atoms with E-state index < -0.39 is 12.1 Å². The number of anilines is 1. The normalized spacial score (nSPS) is 16.3. The van der Waals surface area contributed by atoms with E-state index in [4.69, 9.17) is 4.74 Å².